The predicted octanol–water partition coefficient (Wildman–Crippen LogP) is 4.74. The van der Waals surface area contributed by atoms with Crippen molar-refractivity contribution in [2.45, 2.75) is 39.2 Å². The average Bonchev–Trinajstić information content (AvgIpc) is 3.55. The van der Waals surface area contributed by atoms with Gasteiger partial charge < -0.3 is 25.8 Å². The molecule has 0 radical (unpaired) electrons. The molecule has 3 aromatic rings. The number of ether oxygens (including phenoxy) is 1. The van der Waals surface area contributed by atoms with Gasteiger partial charge in [0.15, 0.2) is 0 Å². The zero-order valence-electron chi connectivity index (χ0n) is 21.9. The van der Waals surface area contributed by atoms with E-state index in [0.717, 1.165) is 17.0 Å². The third kappa shape index (κ3) is 8.72. The van der Waals surface area contributed by atoms with Crippen LogP contribution in [0.25, 0.3) is 11.1 Å². The Morgan fingerprint density at radius 2 is 2.05 bits per heavy atom. The molecule has 2 aromatic heterocycles. The van der Waals surface area contributed by atoms with Crippen molar-refractivity contribution in [1.82, 2.24) is 20.1 Å². The van der Waals surface area contributed by atoms with Gasteiger partial charge in [-0.15, -0.1) is 35.1 Å². The molecule has 1 saturated carbocycles. The summed E-state index contributed by atoms with van der Waals surface area (Å²) >= 11 is 5.18. The second-order valence-electron chi connectivity index (χ2n) is 8.90. The van der Waals surface area contributed by atoms with Crippen molar-refractivity contribution >= 4 is 28.2 Å². The van der Waals surface area contributed by atoms with E-state index < -0.39 is 12.1 Å². The Labute approximate surface area is 243 Å². The van der Waals surface area contributed by atoms with Crippen LogP contribution in [0.3, 0.4) is 0 Å². The molecule has 0 spiro atoms. The summed E-state index contributed by atoms with van der Waals surface area (Å²) in [5.74, 6) is 7.05. The fourth-order valence-corrected chi connectivity index (χ4v) is 4.18. The van der Waals surface area contributed by atoms with Crippen LogP contribution in [0.15, 0.2) is 37.0 Å². The van der Waals surface area contributed by atoms with E-state index >= 15 is 0 Å². The fourth-order valence-electron chi connectivity index (χ4n) is 3.82. The Balaban J connectivity index is 0.000000278. The number of carbonyl (C=O) groups excluding carboxylic acids is 2. The second-order valence-corrected chi connectivity index (χ2v) is 10.0. The Kier molecular flexibility index (Phi) is 11.8. The minimum atomic E-state index is -2.75. The van der Waals surface area contributed by atoms with Gasteiger partial charge in [0, 0.05) is 29.9 Å². The molecule has 1 aromatic carbocycles. The Bertz CT molecular complexity index is 1410. The molecule has 5 rings (SSSR count). The molecule has 1 unspecified atom stereocenters. The van der Waals surface area contributed by atoms with Crippen molar-refractivity contribution in [2.75, 3.05) is 13.7 Å². The summed E-state index contributed by atoms with van der Waals surface area (Å²) in [6.45, 7) is 6.03. The maximum absolute atomic E-state index is 13.1. The SMILES string of the molecule is C(#CC1CC1)c1nn[c-]s1.C=[C]=[Ni].COc1cnc(C(F)F)cc1-c1cc(CN2CCC(C)C2=O)ccc1[C-]=O. The first-order valence-corrected chi connectivity index (χ1v) is 13.5. The van der Waals surface area contributed by atoms with E-state index in [1.165, 1.54) is 43.6 Å². The number of aromatic nitrogens is 3. The molecule has 7 nitrogen and oxygen atoms in total. The first-order chi connectivity index (χ1) is 19.3. The summed E-state index contributed by atoms with van der Waals surface area (Å²) in [5.41, 5.74) is 4.02. The van der Waals surface area contributed by atoms with Crippen molar-refractivity contribution in [3.8, 4) is 28.7 Å². The third-order valence-electron chi connectivity index (χ3n) is 6.04. The monoisotopic (exact) mass is 606 g/mol. The Hall–Kier alpha value is -3.57. The van der Waals surface area contributed by atoms with Crippen molar-refractivity contribution in [1.29, 1.82) is 0 Å². The number of halogens is 2. The van der Waals surface area contributed by atoms with E-state index in [0.29, 0.717) is 30.1 Å². The number of rotatable bonds is 6. The van der Waals surface area contributed by atoms with Crippen LogP contribution in [-0.2, 0) is 31.2 Å². The number of nitrogens with zero attached hydrogens (tertiary/aromatic N) is 4. The van der Waals surface area contributed by atoms with Crippen LogP contribution in [0.4, 0.5) is 8.78 Å². The number of methoxy groups -OCH3 is 1. The molecule has 1 saturated heterocycles. The first-order valence-electron chi connectivity index (χ1n) is 12.2. The molecule has 2 fully saturated rings. The van der Waals surface area contributed by atoms with E-state index in [-0.39, 0.29) is 23.1 Å². The largest absolute Gasteiger partial charge is 0.496 e. The maximum atomic E-state index is 13.1. The number of likely N-dealkylation sites (tertiary alicyclic amines) is 1. The topological polar surface area (TPSA) is 85.3 Å². The zero-order valence-corrected chi connectivity index (χ0v) is 23.7. The van der Waals surface area contributed by atoms with Crippen LogP contribution in [0, 0.1) is 29.2 Å². The molecule has 1 amide bonds. The molecule has 2 aliphatic rings. The summed E-state index contributed by atoms with van der Waals surface area (Å²) in [7, 11) is 1.40. The van der Waals surface area contributed by atoms with E-state index in [2.05, 4.69) is 58.8 Å². The number of hydrogen-bond donors (Lipinski definition) is 0. The van der Waals surface area contributed by atoms with Crippen molar-refractivity contribution in [3.63, 3.8) is 0 Å². The minimum absolute atomic E-state index is 0.000874. The molecule has 0 N–H and O–H groups in total. The number of pyridine rings is 1. The number of amides is 1. The molecule has 212 valence electrons. The molecular formula is C29H26F2N4NiO3S-2. The molecule has 1 atom stereocenters. The third-order valence-corrected chi connectivity index (χ3v) is 6.59. The van der Waals surface area contributed by atoms with E-state index in [1.807, 2.05) is 13.2 Å². The van der Waals surface area contributed by atoms with Crippen molar-refractivity contribution in [3.05, 3.63) is 64.4 Å². The van der Waals surface area contributed by atoms with Gasteiger partial charge in [-0.25, -0.2) is 13.9 Å². The smallest absolute Gasteiger partial charge is 0.280 e. The van der Waals surface area contributed by atoms with E-state index in [4.69, 9.17) is 4.74 Å². The standard InChI is InChI=1S/C20H19F2N2O3.C7H5N2S.C2H2.Ni/c1-12-5-6-24(20(12)26)10-13-3-4-14(11-25)15(7-13)16-8-17(19(21)22)23-9-18(16)27-2;1-2-6(1)3-4-7-9-8-5-10-7;1-2;/h3-4,7-9,12,19H,5-6,10H2,1-2H3;6H,1-2H2;1H2;/q2*-1;;. The van der Waals surface area contributed by atoms with Gasteiger partial charge in [-0.2, -0.15) is 6.07 Å². The number of benzene rings is 1. The van der Waals surface area contributed by atoms with Crippen LogP contribution in [0.1, 0.15) is 54.4 Å². The summed E-state index contributed by atoms with van der Waals surface area (Å²) in [6.07, 6.45) is 3.63. The molecule has 0 bridgehead atoms. The number of carbonyl (C=O) groups is 1. The van der Waals surface area contributed by atoms with Crippen LogP contribution < -0.4 is 4.74 Å². The van der Waals surface area contributed by atoms with Crippen molar-refractivity contribution in [2.24, 2.45) is 11.8 Å². The zero-order chi connectivity index (χ0) is 29.1. The normalized spacial score (nSPS) is 15.6. The fraction of sp³-hybridized carbons (Fsp3) is 0.345. The van der Waals surface area contributed by atoms with Gasteiger partial charge in [-0.05, 0) is 30.9 Å². The van der Waals surface area contributed by atoms with Gasteiger partial charge in [-0.1, -0.05) is 18.0 Å². The van der Waals surface area contributed by atoms with Gasteiger partial charge in [0.05, 0.1) is 19.6 Å². The number of hydrogen-bond acceptors (Lipinski definition) is 7. The van der Waals surface area contributed by atoms with Gasteiger partial charge in [0.1, 0.15) is 11.4 Å². The Morgan fingerprint density at radius 1 is 1.30 bits per heavy atom. The second kappa shape index (κ2) is 15.3. The molecular weight excluding hydrogens is 581 g/mol. The minimum Gasteiger partial charge on any atom is -0.496 e. The van der Waals surface area contributed by atoms with Gasteiger partial charge in [-0.3, -0.25) is 14.9 Å². The molecule has 3 heterocycles. The van der Waals surface area contributed by atoms with Crippen LogP contribution >= 0.6 is 11.3 Å². The maximum Gasteiger partial charge on any atom is 0.280 e. The molecule has 11 heteroatoms. The van der Waals surface area contributed by atoms with Crippen LogP contribution in [-0.4, -0.2) is 50.6 Å². The summed E-state index contributed by atoms with van der Waals surface area (Å²) < 4.78 is 33.5. The molecule has 1 aliphatic carbocycles. The van der Waals surface area contributed by atoms with E-state index in [1.54, 1.807) is 23.1 Å². The van der Waals surface area contributed by atoms with Crippen LogP contribution in [0.2, 0.25) is 0 Å². The number of alkyl halides is 2. The van der Waals surface area contributed by atoms with Crippen molar-refractivity contribution < 1.29 is 38.1 Å². The van der Waals surface area contributed by atoms with E-state index in [9.17, 15) is 18.4 Å². The van der Waals surface area contributed by atoms with Gasteiger partial charge in [0.2, 0.25) is 5.91 Å². The predicted molar refractivity (Wildman–Crippen MR) is 144 cm³/mol. The first kappa shape index (κ1) is 31.0. The molecule has 1 aliphatic heterocycles. The average molecular weight is 607 g/mol. The summed E-state index contributed by atoms with van der Waals surface area (Å²) in [6, 6.07) is 6.24. The van der Waals surface area contributed by atoms with Gasteiger partial charge in [0.25, 0.3) is 6.43 Å². The molecule has 40 heavy (non-hydrogen) atoms. The quantitative estimate of drug-likeness (QED) is 0.229. The summed E-state index contributed by atoms with van der Waals surface area (Å²) in [5, 5.41) is 8.10. The van der Waals surface area contributed by atoms with Crippen LogP contribution in [0.5, 0.6) is 5.75 Å². The Morgan fingerprint density at radius 3 is 2.60 bits per heavy atom. The summed E-state index contributed by atoms with van der Waals surface area (Å²) in [4.78, 5) is 29.0. The van der Waals surface area contributed by atoms with Gasteiger partial charge >= 0.3 is 26.3 Å².